The standard InChI is InChI=1S/C60H42N2/c1-5-15-43(16-6-1)46-25-33-52(34-26-46)61(59-39-31-50(45-19-9-3-10-20-45)41-56(59)49-21-11-4-12-22-49)53-35-29-48(30-36-53)51-32-40-60-57(42-51)55-23-13-14-24-58(55)62(60)54-37-27-47(28-38-54)44-17-7-2-8-18-44/h1-42H/i3D,4D,9D,10D,11D,12D,19D,20D,21D,22D,29D,30D,31D,35D,36D,39D,41D. The van der Waals surface area contributed by atoms with Gasteiger partial charge in [0.2, 0.25) is 0 Å². The molecular formula is C60H42N2. The van der Waals surface area contributed by atoms with E-state index in [4.69, 9.17) is 11.0 Å². The number of benzene rings is 10. The molecule has 11 rings (SSSR count). The first-order valence-electron chi connectivity index (χ1n) is 28.4. The summed E-state index contributed by atoms with van der Waals surface area (Å²) in [5.74, 6) is 0. The third-order valence-corrected chi connectivity index (χ3v) is 10.8. The Hall–Kier alpha value is -8.20. The van der Waals surface area contributed by atoms with Crippen LogP contribution >= 0.6 is 0 Å². The van der Waals surface area contributed by atoms with E-state index in [1.807, 2.05) is 121 Å². The van der Waals surface area contributed by atoms with Crippen molar-refractivity contribution in [2.24, 2.45) is 0 Å². The number of aromatic nitrogens is 1. The van der Waals surface area contributed by atoms with Gasteiger partial charge in [0.1, 0.15) is 0 Å². The first kappa shape index (κ1) is 23.0. The average molecular weight is 808 g/mol. The normalized spacial score (nSPS) is 15.1. The van der Waals surface area contributed by atoms with Crippen molar-refractivity contribution in [3.8, 4) is 61.3 Å². The van der Waals surface area contributed by atoms with Crippen molar-refractivity contribution in [1.29, 1.82) is 0 Å². The second-order valence-electron chi connectivity index (χ2n) is 14.4. The number of nitrogens with zero attached hydrogens (tertiary/aromatic N) is 2. The van der Waals surface area contributed by atoms with Crippen LogP contribution < -0.4 is 4.90 Å². The quantitative estimate of drug-likeness (QED) is 0.141. The van der Waals surface area contributed by atoms with Gasteiger partial charge in [-0.3, -0.25) is 0 Å². The van der Waals surface area contributed by atoms with Crippen LogP contribution in [0.3, 0.4) is 0 Å². The number of hydrogen-bond acceptors (Lipinski definition) is 1. The summed E-state index contributed by atoms with van der Waals surface area (Å²) >= 11 is 0. The molecule has 0 saturated heterocycles. The van der Waals surface area contributed by atoms with Crippen molar-refractivity contribution in [2.45, 2.75) is 0 Å². The molecule has 0 unspecified atom stereocenters. The lowest BCUT2D eigenvalue weighted by atomic mass is 9.96. The maximum Gasteiger partial charge on any atom is 0.0645 e. The van der Waals surface area contributed by atoms with E-state index in [2.05, 4.69) is 4.57 Å². The van der Waals surface area contributed by atoms with E-state index in [1.54, 1.807) is 30.3 Å². The van der Waals surface area contributed by atoms with Crippen LogP contribution in [0.2, 0.25) is 0 Å². The number of rotatable bonds is 9. The van der Waals surface area contributed by atoms with Gasteiger partial charge in [0.15, 0.2) is 0 Å². The topological polar surface area (TPSA) is 8.17 Å². The van der Waals surface area contributed by atoms with Crippen molar-refractivity contribution < 1.29 is 23.3 Å². The summed E-state index contributed by atoms with van der Waals surface area (Å²) in [5.41, 5.74) is 2.69. The molecule has 0 aliphatic heterocycles. The molecule has 292 valence electrons. The molecule has 62 heavy (non-hydrogen) atoms. The van der Waals surface area contributed by atoms with E-state index in [1.165, 1.54) is 0 Å². The minimum atomic E-state index is -0.884. The highest BCUT2D eigenvalue weighted by Gasteiger charge is 2.20. The van der Waals surface area contributed by atoms with Crippen LogP contribution in [0.25, 0.3) is 83.1 Å². The molecule has 0 amide bonds. The first-order chi connectivity index (χ1) is 37.8. The Labute approximate surface area is 386 Å². The van der Waals surface area contributed by atoms with Gasteiger partial charge in [-0.25, -0.2) is 0 Å². The van der Waals surface area contributed by atoms with Gasteiger partial charge in [-0.2, -0.15) is 0 Å². The monoisotopic (exact) mass is 807 g/mol. The van der Waals surface area contributed by atoms with Crippen molar-refractivity contribution in [1.82, 2.24) is 4.57 Å². The van der Waals surface area contributed by atoms with Gasteiger partial charge in [-0.05, 0) is 117 Å². The molecule has 0 bridgehead atoms. The number of anilines is 3. The van der Waals surface area contributed by atoms with Crippen LogP contribution in [0.5, 0.6) is 0 Å². The Morgan fingerprint density at radius 3 is 1.52 bits per heavy atom. The third-order valence-electron chi connectivity index (χ3n) is 10.8. The molecule has 11 aromatic rings. The largest absolute Gasteiger partial charge is 0.310 e. The van der Waals surface area contributed by atoms with E-state index >= 15 is 0 Å². The fourth-order valence-corrected chi connectivity index (χ4v) is 7.83. The molecule has 0 spiro atoms. The Kier molecular flexibility index (Phi) is 5.97. The van der Waals surface area contributed by atoms with Crippen LogP contribution in [0.4, 0.5) is 17.1 Å². The smallest absolute Gasteiger partial charge is 0.0645 e. The van der Waals surface area contributed by atoms with Crippen LogP contribution in [-0.2, 0) is 0 Å². The van der Waals surface area contributed by atoms with E-state index in [0.29, 0.717) is 11.1 Å². The molecule has 0 radical (unpaired) electrons. The maximum absolute atomic E-state index is 9.93. The summed E-state index contributed by atoms with van der Waals surface area (Å²) in [7, 11) is 0. The Bertz CT molecular complexity index is 4230. The summed E-state index contributed by atoms with van der Waals surface area (Å²) in [6.45, 7) is 0. The van der Waals surface area contributed by atoms with Crippen LogP contribution in [0.1, 0.15) is 23.3 Å². The second-order valence-corrected chi connectivity index (χ2v) is 14.4. The van der Waals surface area contributed by atoms with Gasteiger partial charge in [-0.1, -0.05) is 188 Å². The summed E-state index contributed by atoms with van der Waals surface area (Å²) in [6.07, 6.45) is 0. The van der Waals surface area contributed by atoms with Crippen molar-refractivity contribution in [3.05, 3.63) is 254 Å². The minimum Gasteiger partial charge on any atom is -0.310 e. The lowest BCUT2D eigenvalue weighted by molar-refractivity contribution is 1.18. The second kappa shape index (κ2) is 16.1. The molecule has 0 saturated carbocycles. The van der Waals surface area contributed by atoms with Crippen LogP contribution in [0, 0.1) is 0 Å². The SMILES string of the molecule is [2H]c1c([2H])c([2H])c(-c2c([2H])c([2H])c(N(c3ccc(-c4ccccc4)cc3)c3c([2H])c([2H])c(-c4ccc5c(c4)c4ccccc4n5-c4ccc(-c5ccccc5)cc4)c([2H])c3[2H])c(-c3c([2H])c([2H])c([2H])c([2H])c3[2H])c2[2H])c([2H])c1[2H]. The minimum absolute atomic E-state index is 0.0377. The number of fused-ring (bicyclic) bond motifs is 3. The average Bonchev–Trinajstić information content (AvgIpc) is 3.96. The van der Waals surface area contributed by atoms with Gasteiger partial charge in [0.25, 0.3) is 0 Å². The van der Waals surface area contributed by atoms with Crippen molar-refractivity contribution in [3.63, 3.8) is 0 Å². The first-order valence-corrected chi connectivity index (χ1v) is 19.9. The molecule has 2 nitrogen and oxygen atoms in total. The molecule has 0 fully saturated rings. The van der Waals surface area contributed by atoms with Gasteiger partial charge in [-0.15, -0.1) is 0 Å². The fourth-order valence-electron chi connectivity index (χ4n) is 7.83. The highest BCUT2D eigenvalue weighted by atomic mass is 15.1. The molecule has 0 N–H and O–H groups in total. The summed E-state index contributed by atoms with van der Waals surface area (Å²) < 4.78 is 158. The maximum atomic E-state index is 9.93. The van der Waals surface area contributed by atoms with Crippen molar-refractivity contribution in [2.75, 3.05) is 4.90 Å². The Morgan fingerprint density at radius 2 is 0.855 bits per heavy atom. The lowest BCUT2D eigenvalue weighted by Crippen LogP contribution is -2.11. The van der Waals surface area contributed by atoms with Gasteiger partial charge < -0.3 is 9.47 Å². The summed E-state index contributed by atoms with van der Waals surface area (Å²) in [4.78, 5) is 1.10. The summed E-state index contributed by atoms with van der Waals surface area (Å²) in [6, 6.07) is 33.8. The van der Waals surface area contributed by atoms with E-state index < -0.39 is 136 Å². The molecule has 0 aliphatic carbocycles. The Morgan fingerprint density at radius 1 is 0.339 bits per heavy atom. The molecule has 0 aliphatic rings. The fraction of sp³-hybridized carbons (Fsp3) is 0. The number of hydrogen-bond donors (Lipinski definition) is 0. The predicted molar refractivity (Wildman–Crippen MR) is 263 cm³/mol. The predicted octanol–water partition coefficient (Wildman–Crippen LogP) is 16.6. The van der Waals surface area contributed by atoms with E-state index in [-0.39, 0.29) is 11.3 Å². The molecule has 10 aromatic carbocycles. The molecule has 1 aromatic heterocycles. The van der Waals surface area contributed by atoms with Gasteiger partial charge >= 0.3 is 0 Å². The number of para-hydroxylation sites is 1. The molecule has 0 atom stereocenters. The lowest BCUT2D eigenvalue weighted by Gasteiger charge is -2.29. The molecule has 2 heteroatoms. The van der Waals surface area contributed by atoms with E-state index in [9.17, 15) is 12.3 Å². The van der Waals surface area contributed by atoms with Crippen LogP contribution in [0.15, 0.2) is 254 Å². The van der Waals surface area contributed by atoms with Crippen molar-refractivity contribution >= 4 is 38.9 Å². The van der Waals surface area contributed by atoms with Gasteiger partial charge in [0.05, 0.1) is 40.0 Å². The molecule has 1 heterocycles. The zero-order valence-corrected chi connectivity index (χ0v) is 32.8. The van der Waals surface area contributed by atoms with E-state index in [0.717, 1.165) is 49.1 Å². The molecular weight excluding hydrogens is 749 g/mol. The van der Waals surface area contributed by atoms with Gasteiger partial charge in [0, 0.05) is 33.4 Å². The third kappa shape index (κ3) is 6.94. The highest BCUT2D eigenvalue weighted by molar-refractivity contribution is 6.10. The Balaban J connectivity index is 1.18. The zero-order chi connectivity index (χ0) is 56.0. The summed E-state index contributed by atoms with van der Waals surface area (Å²) in [5, 5.41) is 1.62. The van der Waals surface area contributed by atoms with Crippen LogP contribution in [-0.4, -0.2) is 4.57 Å². The zero-order valence-electron chi connectivity index (χ0n) is 49.8. The highest BCUT2D eigenvalue weighted by Crippen LogP contribution is 2.44.